The Morgan fingerprint density at radius 2 is 2.19 bits per heavy atom. The molecule has 4 nitrogen and oxygen atoms in total. The third-order valence-corrected chi connectivity index (χ3v) is 4.55. The summed E-state index contributed by atoms with van der Waals surface area (Å²) in [5.41, 5.74) is 0.238. The molecule has 3 heterocycles. The molecule has 2 unspecified atom stereocenters. The second kappa shape index (κ2) is 3.62. The van der Waals surface area contributed by atoms with Crippen LogP contribution in [0.5, 0.6) is 0 Å². The molecule has 4 heteroatoms. The first-order chi connectivity index (χ1) is 7.36. The fraction of sp³-hybridized carbons (Fsp3) is 0.917. The van der Waals surface area contributed by atoms with Crippen LogP contribution in [-0.4, -0.2) is 41.8 Å². The Hall–Kier alpha value is -0.770. The normalized spacial score (nSPS) is 34.9. The lowest BCUT2D eigenvalue weighted by atomic mass is 9.62. The Labute approximate surface area is 97.0 Å². The van der Waals surface area contributed by atoms with Crippen LogP contribution in [0.1, 0.15) is 33.6 Å². The Bertz CT molecular complexity index is 294. The number of amides is 1. The Morgan fingerprint density at radius 1 is 1.50 bits per heavy atom. The molecule has 0 spiro atoms. The molecule has 2 bridgehead atoms. The molecule has 1 amide bonds. The molecule has 2 N–H and O–H groups in total. The van der Waals surface area contributed by atoms with Crippen molar-refractivity contribution < 1.29 is 9.90 Å². The van der Waals surface area contributed by atoms with E-state index in [1.165, 1.54) is 0 Å². The van der Waals surface area contributed by atoms with Crippen LogP contribution in [-0.2, 0) is 0 Å². The maximum Gasteiger partial charge on any atom is 0.407 e. The van der Waals surface area contributed by atoms with E-state index in [-0.39, 0.29) is 16.9 Å². The molecule has 16 heavy (non-hydrogen) atoms. The average molecular weight is 226 g/mol. The highest BCUT2D eigenvalue weighted by atomic mass is 16.4. The van der Waals surface area contributed by atoms with Crippen LogP contribution in [0.3, 0.4) is 0 Å². The van der Waals surface area contributed by atoms with E-state index >= 15 is 0 Å². The van der Waals surface area contributed by atoms with Gasteiger partial charge in [-0.2, -0.15) is 0 Å². The minimum Gasteiger partial charge on any atom is -0.465 e. The van der Waals surface area contributed by atoms with E-state index in [2.05, 4.69) is 26.1 Å². The summed E-state index contributed by atoms with van der Waals surface area (Å²) in [4.78, 5) is 12.9. The first-order valence-corrected chi connectivity index (χ1v) is 6.06. The van der Waals surface area contributed by atoms with Crippen LogP contribution in [0.2, 0.25) is 0 Å². The third-order valence-electron chi connectivity index (χ3n) is 4.55. The summed E-state index contributed by atoms with van der Waals surface area (Å²) < 4.78 is 0. The minimum absolute atomic E-state index is 0.0956. The molecule has 0 radical (unpaired) electrons. The van der Waals surface area contributed by atoms with Gasteiger partial charge < -0.3 is 15.3 Å². The van der Waals surface area contributed by atoms with Crippen molar-refractivity contribution in [2.24, 2.45) is 10.8 Å². The molecule has 2 atom stereocenters. The van der Waals surface area contributed by atoms with Crippen molar-refractivity contribution in [2.45, 2.75) is 39.7 Å². The maximum absolute atomic E-state index is 11.3. The molecule has 3 rings (SSSR count). The number of nitrogens with zero attached hydrogens (tertiary/aromatic N) is 1. The average Bonchev–Trinajstić information content (AvgIpc) is 2.48. The summed E-state index contributed by atoms with van der Waals surface area (Å²) in [6.07, 6.45) is 1.37. The van der Waals surface area contributed by atoms with Gasteiger partial charge >= 0.3 is 6.09 Å². The van der Waals surface area contributed by atoms with Crippen LogP contribution in [0.25, 0.3) is 0 Å². The predicted octanol–water partition coefficient (Wildman–Crippen LogP) is 1.76. The standard InChI is InChI=1S/C12H22N2O2/c1-11(2,3)12-5-4-9(6-13-7-12)14(8-12)10(15)16/h9,13H,4-8H2,1-3H3,(H,15,16). The van der Waals surface area contributed by atoms with Crippen molar-refractivity contribution in [3.05, 3.63) is 0 Å². The number of carbonyl (C=O) groups is 1. The molecular weight excluding hydrogens is 204 g/mol. The smallest absolute Gasteiger partial charge is 0.407 e. The van der Waals surface area contributed by atoms with E-state index in [1.807, 2.05) is 0 Å². The van der Waals surface area contributed by atoms with Crippen LogP contribution in [0.15, 0.2) is 0 Å². The van der Waals surface area contributed by atoms with Gasteiger partial charge in [0.2, 0.25) is 0 Å². The predicted molar refractivity (Wildman–Crippen MR) is 62.5 cm³/mol. The summed E-state index contributed by atoms with van der Waals surface area (Å²) in [6, 6.07) is 0.176. The summed E-state index contributed by atoms with van der Waals surface area (Å²) in [5, 5.41) is 12.7. The van der Waals surface area contributed by atoms with Crippen molar-refractivity contribution in [2.75, 3.05) is 19.6 Å². The highest BCUT2D eigenvalue weighted by Crippen LogP contribution is 2.47. The van der Waals surface area contributed by atoms with Gasteiger partial charge in [-0.25, -0.2) is 4.79 Å². The van der Waals surface area contributed by atoms with Crippen LogP contribution < -0.4 is 5.32 Å². The Morgan fingerprint density at radius 3 is 2.75 bits per heavy atom. The van der Waals surface area contributed by atoms with E-state index in [0.29, 0.717) is 6.54 Å². The van der Waals surface area contributed by atoms with Crippen LogP contribution >= 0.6 is 0 Å². The zero-order valence-electron chi connectivity index (χ0n) is 10.4. The van der Waals surface area contributed by atoms with Crippen LogP contribution in [0.4, 0.5) is 4.79 Å². The lowest BCUT2D eigenvalue weighted by molar-refractivity contribution is -0.000713. The molecule has 3 saturated heterocycles. The van der Waals surface area contributed by atoms with Gasteiger partial charge in [-0.3, -0.25) is 0 Å². The molecular formula is C12H22N2O2. The fourth-order valence-corrected chi connectivity index (χ4v) is 3.07. The SMILES string of the molecule is CC(C)(C)C12CCC(CNC1)N(C(=O)O)C2. The summed E-state index contributed by atoms with van der Waals surface area (Å²) >= 11 is 0. The summed E-state index contributed by atoms with van der Waals surface area (Å²) in [7, 11) is 0. The van der Waals surface area contributed by atoms with Gasteiger partial charge in [-0.15, -0.1) is 0 Å². The highest BCUT2D eigenvalue weighted by molar-refractivity contribution is 5.66. The monoisotopic (exact) mass is 226 g/mol. The molecule has 92 valence electrons. The number of carboxylic acid groups (broad SMARTS) is 1. The van der Waals surface area contributed by atoms with E-state index in [0.717, 1.165) is 25.9 Å². The van der Waals surface area contributed by atoms with E-state index in [4.69, 9.17) is 0 Å². The van der Waals surface area contributed by atoms with Crippen molar-refractivity contribution in [3.63, 3.8) is 0 Å². The molecule has 0 aromatic heterocycles. The first-order valence-electron chi connectivity index (χ1n) is 6.06. The van der Waals surface area contributed by atoms with Gasteiger partial charge in [0.15, 0.2) is 0 Å². The molecule has 0 aromatic carbocycles. The number of hydrogen-bond acceptors (Lipinski definition) is 2. The van der Waals surface area contributed by atoms with Gasteiger partial charge in [0, 0.05) is 31.1 Å². The molecule has 3 aliphatic rings. The second-order valence-electron chi connectivity index (χ2n) is 6.26. The summed E-state index contributed by atoms with van der Waals surface area (Å²) in [6.45, 7) is 9.10. The van der Waals surface area contributed by atoms with Gasteiger partial charge in [-0.05, 0) is 18.3 Å². The maximum atomic E-state index is 11.3. The molecule has 0 saturated carbocycles. The number of hydrogen-bond donors (Lipinski definition) is 2. The van der Waals surface area contributed by atoms with Crippen LogP contribution in [0, 0.1) is 10.8 Å². The van der Waals surface area contributed by atoms with Gasteiger partial charge in [0.1, 0.15) is 0 Å². The molecule has 0 aromatic rings. The molecule has 0 aliphatic carbocycles. The first kappa shape index (κ1) is 11.7. The third kappa shape index (κ3) is 1.69. The summed E-state index contributed by atoms with van der Waals surface area (Å²) in [5.74, 6) is 0. The number of piperidine rings is 1. The fourth-order valence-electron chi connectivity index (χ4n) is 3.07. The van der Waals surface area contributed by atoms with E-state index in [9.17, 15) is 9.90 Å². The highest BCUT2D eigenvalue weighted by Gasteiger charge is 2.50. The second-order valence-corrected chi connectivity index (χ2v) is 6.26. The van der Waals surface area contributed by atoms with Gasteiger partial charge in [0.25, 0.3) is 0 Å². The number of nitrogens with one attached hydrogen (secondary N) is 1. The van der Waals surface area contributed by atoms with Gasteiger partial charge in [-0.1, -0.05) is 20.8 Å². The Kier molecular flexibility index (Phi) is 2.65. The molecule has 3 fully saturated rings. The number of fused-ring (bicyclic) bond motifs is 4. The van der Waals surface area contributed by atoms with Crippen molar-refractivity contribution >= 4 is 6.09 Å². The topological polar surface area (TPSA) is 52.6 Å². The van der Waals surface area contributed by atoms with Gasteiger partial charge in [0.05, 0.1) is 0 Å². The largest absolute Gasteiger partial charge is 0.465 e. The lowest BCUT2D eigenvalue weighted by Crippen LogP contribution is -2.55. The molecule has 3 aliphatic heterocycles. The Balaban J connectivity index is 2.30. The van der Waals surface area contributed by atoms with Crippen molar-refractivity contribution in [1.29, 1.82) is 0 Å². The minimum atomic E-state index is -0.762. The lowest BCUT2D eigenvalue weighted by Gasteiger charge is -2.50. The van der Waals surface area contributed by atoms with E-state index < -0.39 is 6.09 Å². The zero-order chi connectivity index (χ0) is 12.0. The number of rotatable bonds is 0. The van der Waals surface area contributed by atoms with E-state index in [1.54, 1.807) is 4.90 Å². The zero-order valence-corrected chi connectivity index (χ0v) is 10.4. The van der Waals surface area contributed by atoms with Crippen molar-refractivity contribution in [3.8, 4) is 0 Å². The van der Waals surface area contributed by atoms with Crippen molar-refractivity contribution in [1.82, 2.24) is 10.2 Å². The quantitative estimate of drug-likeness (QED) is 0.662.